The molecule has 0 radical (unpaired) electrons. The zero-order chi connectivity index (χ0) is 11.8. The van der Waals surface area contributed by atoms with Crippen molar-refractivity contribution < 1.29 is 14.3 Å². The highest BCUT2D eigenvalue weighted by Crippen LogP contribution is 2.01. The molecule has 0 unspecified atom stereocenters. The molecule has 0 aliphatic carbocycles. The molecule has 0 saturated heterocycles. The normalized spacial score (nSPS) is 9.81. The second-order valence-electron chi connectivity index (χ2n) is 3.66. The number of Topliss-reactive ketones (excluding diaryl/α,β-unsaturated/α-hetero) is 1. The summed E-state index contributed by atoms with van der Waals surface area (Å²) in [4.78, 5) is 21.8. The molecule has 3 heteroatoms. The predicted molar refractivity (Wildman–Crippen MR) is 61.0 cm³/mol. The van der Waals surface area contributed by atoms with Crippen LogP contribution in [0.15, 0.2) is 30.3 Å². The zero-order valence-corrected chi connectivity index (χ0v) is 9.44. The Morgan fingerprint density at radius 1 is 1.12 bits per heavy atom. The number of ketones is 1. The monoisotopic (exact) mass is 220 g/mol. The van der Waals surface area contributed by atoms with Crippen molar-refractivity contribution >= 4 is 11.8 Å². The lowest BCUT2D eigenvalue weighted by molar-refractivity contribution is -0.144. The number of benzene rings is 1. The van der Waals surface area contributed by atoms with Crippen LogP contribution < -0.4 is 0 Å². The van der Waals surface area contributed by atoms with Crippen LogP contribution in [-0.2, 0) is 20.7 Å². The van der Waals surface area contributed by atoms with E-state index in [2.05, 4.69) is 0 Å². The van der Waals surface area contributed by atoms with Gasteiger partial charge in [0.1, 0.15) is 5.78 Å². The molecule has 16 heavy (non-hydrogen) atoms. The van der Waals surface area contributed by atoms with Crippen molar-refractivity contribution in [3.63, 3.8) is 0 Å². The summed E-state index contributed by atoms with van der Waals surface area (Å²) in [6.45, 7) is 1.85. The molecule has 0 aliphatic heterocycles. The van der Waals surface area contributed by atoms with Crippen LogP contribution in [-0.4, -0.2) is 18.4 Å². The Labute approximate surface area is 95.4 Å². The van der Waals surface area contributed by atoms with Gasteiger partial charge in [0.15, 0.2) is 0 Å². The van der Waals surface area contributed by atoms with E-state index in [1.54, 1.807) is 0 Å². The molecular formula is C13H16O3. The highest BCUT2D eigenvalue weighted by Gasteiger charge is 2.04. The van der Waals surface area contributed by atoms with E-state index in [9.17, 15) is 9.59 Å². The predicted octanol–water partition coefficient (Wildman–Crippen LogP) is 2.14. The smallest absolute Gasteiger partial charge is 0.306 e. The molecular weight excluding hydrogens is 204 g/mol. The minimum absolute atomic E-state index is 0.0139. The number of carbonyl (C=O) groups is 2. The van der Waals surface area contributed by atoms with Crippen molar-refractivity contribution in [1.82, 2.24) is 0 Å². The van der Waals surface area contributed by atoms with Crippen molar-refractivity contribution in [3.05, 3.63) is 35.9 Å². The van der Waals surface area contributed by atoms with Gasteiger partial charge in [-0.05, 0) is 12.5 Å². The standard InChI is InChI=1S/C13H16O3/c1-11(14)7-8-13(15)16-10-9-12-5-3-2-4-6-12/h2-6H,7-10H2,1H3. The largest absolute Gasteiger partial charge is 0.465 e. The van der Waals surface area contributed by atoms with Gasteiger partial charge in [-0.25, -0.2) is 0 Å². The lowest BCUT2D eigenvalue weighted by Crippen LogP contribution is -2.08. The third-order valence-electron chi connectivity index (χ3n) is 2.18. The van der Waals surface area contributed by atoms with E-state index in [-0.39, 0.29) is 24.6 Å². The van der Waals surface area contributed by atoms with Crippen molar-refractivity contribution in [2.45, 2.75) is 26.2 Å². The second-order valence-corrected chi connectivity index (χ2v) is 3.66. The highest BCUT2D eigenvalue weighted by atomic mass is 16.5. The van der Waals surface area contributed by atoms with Gasteiger partial charge in [0.2, 0.25) is 0 Å². The van der Waals surface area contributed by atoms with E-state index in [4.69, 9.17) is 4.74 Å². The summed E-state index contributed by atoms with van der Waals surface area (Å²) in [6, 6.07) is 9.83. The van der Waals surface area contributed by atoms with Crippen LogP contribution in [0.1, 0.15) is 25.3 Å². The molecule has 0 saturated carbocycles. The third-order valence-corrected chi connectivity index (χ3v) is 2.18. The van der Waals surface area contributed by atoms with E-state index >= 15 is 0 Å². The van der Waals surface area contributed by atoms with Gasteiger partial charge in [0.25, 0.3) is 0 Å². The minimum atomic E-state index is -0.300. The van der Waals surface area contributed by atoms with Gasteiger partial charge in [-0.2, -0.15) is 0 Å². The third kappa shape index (κ3) is 5.29. The number of carbonyl (C=O) groups excluding carboxylic acids is 2. The quantitative estimate of drug-likeness (QED) is 0.690. The topological polar surface area (TPSA) is 43.4 Å². The molecule has 0 fully saturated rings. The van der Waals surface area contributed by atoms with Crippen LogP contribution in [0.4, 0.5) is 0 Å². The average Bonchev–Trinajstić information content (AvgIpc) is 2.28. The molecule has 0 aliphatic rings. The van der Waals surface area contributed by atoms with Gasteiger partial charge in [0.05, 0.1) is 13.0 Å². The van der Waals surface area contributed by atoms with Crippen LogP contribution in [0.25, 0.3) is 0 Å². The van der Waals surface area contributed by atoms with Gasteiger partial charge in [-0.3, -0.25) is 4.79 Å². The molecule has 1 rings (SSSR count). The van der Waals surface area contributed by atoms with Gasteiger partial charge >= 0.3 is 5.97 Å². The Morgan fingerprint density at radius 2 is 1.81 bits per heavy atom. The summed E-state index contributed by atoms with van der Waals surface area (Å²) in [5.74, 6) is -0.286. The lowest BCUT2D eigenvalue weighted by Gasteiger charge is -2.03. The zero-order valence-electron chi connectivity index (χ0n) is 9.44. The first-order chi connectivity index (χ1) is 7.68. The Kier molecular flexibility index (Phi) is 5.26. The van der Waals surface area contributed by atoms with E-state index in [1.165, 1.54) is 6.92 Å². The minimum Gasteiger partial charge on any atom is -0.465 e. The number of hydrogen-bond acceptors (Lipinski definition) is 3. The number of rotatable bonds is 6. The number of ether oxygens (including phenoxy) is 1. The molecule has 0 bridgehead atoms. The van der Waals surface area contributed by atoms with Crippen molar-refractivity contribution in [1.29, 1.82) is 0 Å². The van der Waals surface area contributed by atoms with E-state index in [0.717, 1.165) is 5.56 Å². The summed E-state index contributed by atoms with van der Waals surface area (Å²) in [7, 11) is 0. The molecule has 3 nitrogen and oxygen atoms in total. The van der Waals surface area contributed by atoms with Crippen molar-refractivity contribution in [3.8, 4) is 0 Å². The SMILES string of the molecule is CC(=O)CCC(=O)OCCc1ccccc1. The maximum atomic E-state index is 11.2. The first-order valence-corrected chi connectivity index (χ1v) is 5.37. The van der Waals surface area contributed by atoms with E-state index in [0.29, 0.717) is 13.0 Å². The first-order valence-electron chi connectivity index (χ1n) is 5.37. The summed E-state index contributed by atoms with van der Waals surface area (Å²) in [5, 5.41) is 0. The molecule has 0 heterocycles. The molecule has 0 amide bonds. The van der Waals surface area contributed by atoms with Crippen LogP contribution in [0.3, 0.4) is 0 Å². The number of esters is 1. The maximum Gasteiger partial charge on any atom is 0.306 e. The van der Waals surface area contributed by atoms with Gasteiger partial charge in [-0.1, -0.05) is 30.3 Å². The molecule has 1 aromatic carbocycles. The maximum absolute atomic E-state index is 11.2. The molecule has 86 valence electrons. The van der Waals surface area contributed by atoms with E-state index in [1.807, 2.05) is 30.3 Å². The summed E-state index contributed by atoms with van der Waals surface area (Å²) >= 11 is 0. The fourth-order valence-corrected chi connectivity index (χ4v) is 1.28. The van der Waals surface area contributed by atoms with Crippen LogP contribution in [0, 0.1) is 0 Å². The Balaban J connectivity index is 2.16. The van der Waals surface area contributed by atoms with Crippen LogP contribution >= 0.6 is 0 Å². The van der Waals surface area contributed by atoms with Crippen molar-refractivity contribution in [2.24, 2.45) is 0 Å². The lowest BCUT2D eigenvalue weighted by atomic mass is 10.2. The van der Waals surface area contributed by atoms with Gasteiger partial charge < -0.3 is 9.53 Å². The fraction of sp³-hybridized carbons (Fsp3) is 0.385. The molecule has 0 spiro atoms. The Bertz CT molecular complexity index is 343. The fourth-order valence-electron chi connectivity index (χ4n) is 1.28. The summed E-state index contributed by atoms with van der Waals surface area (Å²) in [5.41, 5.74) is 1.14. The molecule has 0 aromatic heterocycles. The van der Waals surface area contributed by atoms with Crippen LogP contribution in [0.5, 0.6) is 0 Å². The second kappa shape index (κ2) is 6.77. The Morgan fingerprint density at radius 3 is 2.44 bits per heavy atom. The first kappa shape index (κ1) is 12.4. The van der Waals surface area contributed by atoms with Crippen LogP contribution in [0.2, 0.25) is 0 Å². The molecule has 0 atom stereocenters. The number of hydrogen-bond donors (Lipinski definition) is 0. The summed E-state index contributed by atoms with van der Waals surface area (Å²) < 4.78 is 5.01. The summed E-state index contributed by atoms with van der Waals surface area (Å²) in [6.07, 6.45) is 1.17. The van der Waals surface area contributed by atoms with Gasteiger partial charge in [0, 0.05) is 12.8 Å². The van der Waals surface area contributed by atoms with Gasteiger partial charge in [-0.15, -0.1) is 0 Å². The highest BCUT2D eigenvalue weighted by molar-refractivity contribution is 5.80. The van der Waals surface area contributed by atoms with Crippen molar-refractivity contribution in [2.75, 3.05) is 6.61 Å². The average molecular weight is 220 g/mol. The molecule has 0 N–H and O–H groups in total. The Hall–Kier alpha value is -1.64. The van der Waals surface area contributed by atoms with E-state index < -0.39 is 0 Å². The molecule has 1 aromatic rings.